The largest absolute Gasteiger partial charge is 0.355 e. The van der Waals surface area contributed by atoms with Crippen LogP contribution in [0.5, 0.6) is 0 Å². The van der Waals surface area contributed by atoms with Crippen LogP contribution in [0.3, 0.4) is 0 Å². The van der Waals surface area contributed by atoms with Crippen LogP contribution in [0.1, 0.15) is 32.8 Å². The molecule has 0 fully saturated rings. The van der Waals surface area contributed by atoms with Gasteiger partial charge in [0.15, 0.2) is 0 Å². The molecule has 2 nitrogen and oxygen atoms in total. The van der Waals surface area contributed by atoms with Crippen molar-refractivity contribution in [2.45, 2.75) is 38.4 Å². The molecule has 0 aliphatic carbocycles. The van der Waals surface area contributed by atoms with Crippen molar-refractivity contribution in [2.24, 2.45) is 0 Å². The van der Waals surface area contributed by atoms with E-state index >= 15 is 0 Å². The van der Waals surface area contributed by atoms with E-state index in [1.807, 2.05) is 36.0 Å². The topological polar surface area (TPSA) is 29.1 Å². The highest BCUT2D eigenvalue weighted by Gasteiger charge is 2.10. The molecule has 19 heavy (non-hydrogen) atoms. The average molecular weight is 300 g/mol. The fourth-order valence-corrected chi connectivity index (χ4v) is 2.63. The van der Waals surface area contributed by atoms with Gasteiger partial charge in [-0.3, -0.25) is 4.79 Å². The van der Waals surface area contributed by atoms with Gasteiger partial charge in [0.1, 0.15) is 0 Å². The van der Waals surface area contributed by atoms with Crippen molar-refractivity contribution in [2.75, 3.05) is 12.3 Å². The van der Waals surface area contributed by atoms with Crippen LogP contribution in [-0.4, -0.2) is 23.0 Å². The zero-order valence-electron chi connectivity index (χ0n) is 11.8. The Balaban J connectivity index is 2.20. The minimum absolute atomic E-state index is 0.0921. The lowest BCUT2D eigenvalue weighted by molar-refractivity contribution is -0.120. The number of hydrogen-bond acceptors (Lipinski definition) is 2. The molecule has 0 aliphatic heterocycles. The van der Waals surface area contributed by atoms with Gasteiger partial charge < -0.3 is 5.32 Å². The molecule has 0 saturated heterocycles. The maximum atomic E-state index is 11.7. The molecule has 4 heteroatoms. The van der Waals surface area contributed by atoms with Crippen LogP contribution >= 0.6 is 23.4 Å². The molecule has 0 bridgehead atoms. The molecule has 0 atom stereocenters. The van der Waals surface area contributed by atoms with E-state index in [0.29, 0.717) is 12.8 Å². The molecule has 1 amide bonds. The van der Waals surface area contributed by atoms with E-state index < -0.39 is 0 Å². The van der Waals surface area contributed by atoms with Gasteiger partial charge in [-0.2, -0.15) is 11.8 Å². The normalized spacial score (nSPS) is 11.4. The van der Waals surface area contributed by atoms with Crippen LogP contribution in [0.25, 0.3) is 0 Å². The Bertz CT molecular complexity index is 415. The van der Waals surface area contributed by atoms with Crippen LogP contribution in [0.2, 0.25) is 5.02 Å². The zero-order valence-corrected chi connectivity index (χ0v) is 13.4. The van der Waals surface area contributed by atoms with Crippen molar-refractivity contribution in [3.05, 3.63) is 34.9 Å². The molecule has 0 heterocycles. The first-order valence-electron chi connectivity index (χ1n) is 6.52. The lowest BCUT2D eigenvalue weighted by Crippen LogP contribution is -2.27. The van der Waals surface area contributed by atoms with Gasteiger partial charge in [-0.15, -0.1) is 0 Å². The smallest absolute Gasteiger partial charge is 0.220 e. The Labute approximate surface area is 125 Å². The summed E-state index contributed by atoms with van der Waals surface area (Å²) in [5.41, 5.74) is 1.03. The molecule has 0 radical (unpaired) electrons. The summed E-state index contributed by atoms with van der Waals surface area (Å²) in [7, 11) is 0. The molecule has 0 spiro atoms. The third-order valence-electron chi connectivity index (χ3n) is 2.54. The predicted molar refractivity (Wildman–Crippen MR) is 85.0 cm³/mol. The molecule has 0 unspecified atom stereocenters. The average Bonchev–Trinajstić information content (AvgIpc) is 2.32. The fraction of sp³-hybridized carbons (Fsp3) is 0.533. The van der Waals surface area contributed by atoms with Crippen molar-refractivity contribution in [3.8, 4) is 0 Å². The van der Waals surface area contributed by atoms with Gasteiger partial charge in [0.2, 0.25) is 5.91 Å². The SMILES string of the molecule is CC(C)(C)SCCNC(=O)CCc1ccccc1Cl. The number of carbonyl (C=O) groups is 1. The summed E-state index contributed by atoms with van der Waals surface area (Å²) >= 11 is 7.91. The number of benzene rings is 1. The summed E-state index contributed by atoms with van der Waals surface area (Å²) in [4.78, 5) is 11.7. The number of carbonyl (C=O) groups excluding carboxylic acids is 1. The summed E-state index contributed by atoms with van der Waals surface area (Å²) in [6, 6.07) is 7.66. The third-order valence-corrected chi connectivity index (χ3v) is 4.18. The van der Waals surface area contributed by atoms with Gasteiger partial charge in [-0.25, -0.2) is 0 Å². The number of halogens is 1. The van der Waals surface area contributed by atoms with Gasteiger partial charge in [0.25, 0.3) is 0 Å². The Morgan fingerprint density at radius 3 is 2.63 bits per heavy atom. The predicted octanol–water partition coefficient (Wildman–Crippen LogP) is 3.92. The van der Waals surface area contributed by atoms with Gasteiger partial charge in [0, 0.05) is 28.5 Å². The summed E-state index contributed by atoms with van der Waals surface area (Å²) in [6.07, 6.45) is 1.18. The van der Waals surface area contributed by atoms with E-state index in [4.69, 9.17) is 11.6 Å². The molecule has 0 aromatic heterocycles. The minimum atomic E-state index is 0.0921. The van der Waals surface area contributed by atoms with E-state index in [9.17, 15) is 4.79 Å². The highest BCUT2D eigenvalue weighted by Crippen LogP contribution is 2.22. The van der Waals surface area contributed by atoms with E-state index in [0.717, 1.165) is 22.9 Å². The second-order valence-corrected chi connectivity index (χ2v) is 7.73. The second kappa shape index (κ2) is 7.81. The van der Waals surface area contributed by atoms with Crippen molar-refractivity contribution >= 4 is 29.3 Å². The summed E-state index contributed by atoms with van der Waals surface area (Å²) in [5.74, 6) is 1.04. The van der Waals surface area contributed by atoms with Crippen molar-refractivity contribution in [1.29, 1.82) is 0 Å². The second-order valence-electron chi connectivity index (χ2n) is 5.40. The van der Waals surface area contributed by atoms with Gasteiger partial charge in [-0.05, 0) is 18.1 Å². The Morgan fingerprint density at radius 2 is 2.00 bits per heavy atom. The third kappa shape index (κ3) is 7.48. The van der Waals surface area contributed by atoms with Gasteiger partial charge in [0.05, 0.1) is 0 Å². The highest BCUT2D eigenvalue weighted by atomic mass is 35.5. The maximum absolute atomic E-state index is 11.7. The summed E-state index contributed by atoms with van der Waals surface area (Å²) in [5, 5.41) is 3.68. The quantitative estimate of drug-likeness (QED) is 0.807. The molecule has 0 aliphatic rings. The lowest BCUT2D eigenvalue weighted by atomic mass is 10.1. The lowest BCUT2D eigenvalue weighted by Gasteiger charge is -2.17. The first kappa shape index (κ1) is 16.4. The maximum Gasteiger partial charge on any atom is 0.220 e. The first-order chi connectivity index (χ1) is 8.88. The molecule has 0 saturated carbocycles. The first-order valence-corrected chi connectivity index (χ1v) is 7.89. The monoisotopic (exact) mass is 299 g/mol. The Morgan fingerprint density at radius 1 is 1.32 bits per heavy atom. The van der Waals surface area contributed by atoms with Crippen LogP contribution in [0.4, 0.5) is 0 Å². The minimum Gasteiger partial charge on any atom is -0.355 e. The van der Waals surface area contributed by atoms with Gasteiger partial charge >= 0.3 is 0 Å². The number of nitrogens with one attached hydrogen (secondary N) is 1. The number of thioether (sulfide) groups is 1. The molecule has 106 valence electrons. The van der Waals surface area contributed by atoms with E-state index in [2.05, 4.69) is 26.1 Å². The number of rotatable bonds is 6. The molecule has 1 aromatic carbocycles. The standard InChI is InChI=1S/C15H22ClNOS/c1-15(2,3)19-11-10-17-14(18)9-8-12-6-4-5-7-13(12)16/h4-7H,8-11H2,1-3H3,(H,17,18). The summed E-state index contributed by atoms with van der Waals surface area (Å²) in [6.45, 7) is 7.26. The molecular formula is C15H22ClNOS. The van der Waals surface area contributed by atoms with Crippen LogP contribution < -0.4 is 5.32 Å². The van der Waals surface area contributed by atoms with Crippen molar-refractivity contribution < 1.29 is 4.79 Å². The molecule has 1 aromatic rings. The summed E-state index contributed by atoms with van der Waals surface area (Å²) < 4.78 is 0.252. The molecule has 1 rings (SSSR count). The Hall–Kier alpha value is -0.670. The van der Waals surface area contributed by atoms with Gasteiger partial charge in [-0.1, -0.05) is 50.6 Å². The van der Waals surface area contributed by atoms with E-state index in [1.165, 1.54) is 0 Å². The van der Waals surface area contributed by atoms with Crippen LogP contribution in [0, 0.1) is 0 Å². The van der Waals surface area contributed by atoms with Crippen molar-refractivity contribution in [3.63, 3.8) is 0 Å². The number of hydrogen-bond donors (Lipinski definition) is 1. The highest BCUT2D eigenvalue weighted by molar-refractivity contribution is 8.00. The van der Waals surface area contributed by atoms with Crippen molar-refractivity contribution in [1.82, 2.24) is 5.32 Å². The molecule has 1 N–H and O–H groups in total. The van der Waals surface area contributed by atoms with E-state index in [1.54, 1.807) is 0 Å². The van der Waals surface area contributed by atoms with Crippen LogP contribution in [-0.2, 0) is 11.2 Å². The number of aryl methyl sites for hydroxylation is 1. The fourth-order valence-electron chi connectivity index (χ4n) is 1.59. The zero-order chi connectivity index (χ0) is 14.3. The Kier molecular flexibility index (Phi) is 6.73. The molecular weight excluding hydrogens is 278 g/mol. The van der Waals surface area contributed by atoms with E-state index in [-0.39, 0.29) is 10.7 Å². The van der Waals surface area contributed by atoms with Crippen LogP contribution in [0.15, 0.2) is 24.3 Å². The number of amides is 1.